The molecule has 58 heavy (non-hydrogen) atoms. The van der Waals surface area contributed by atoms with Crippen LogP contribution in [0.5, 0.6) is 0 Å². The summed E-state index contributed by atoms with van der Waals surface area (Å²) in [5, 5.41) is 9.60. The van der Waals surface area contributed by atoms with Crippen molar-refractivity contribution in [2.75, 3.05) is 13.2 Å². The van der Waals surface area contributed by atoms with Gasteiger partial charge in [0.2, 0.25) is 0 Å². The van der Waals surface area contributed by atoms with E-state index in [1.165, 1.54) is 122 Å². The Labute approximate surface area is 359 Å². The summed E-state index contributed by atoms with van der Waals surface area (Å²) in [6, 6.07) is 0. The predicted octanol–water partition coefficient (Wildman–Crippen LogP) is 16.1. The van der Waals surface area contributed by atoms with Gasteiger partial charge < -0.3 is 14.6 Å². The molecule has 0 saturated carbocycles. The number of esters is 2. The summed E-state index contributed by atoms with van der Waals surface area (Å²) in [6.07, 6.45) is 65.7. The van der Waals surface area contributed by atoms with E-state index in [1.807, 2.05) is 0 Å². The molecule has 0 aliphatic rings. The van der Waals surface area contributed by atoms with Gasteiger partial charge in [0.25, 0.3) is 0 Å². The molecule has 0 aliphatic carbocycles. The molecule has 1 N–H and O–H groups in total. The van der Waals surface area contributed by atoms with Crippen LogP contribution < -0.4 is 0 Å². The van der Waals surface area contributed by atoms with Gasteiger partial charge in [-0.25, -0.2) is 0 Å². The maximum atomic E-state index is 12.2. The number of carbonyl (C=O) groups is 2. The van der Waals surface area contributed by atoms with Crippen LogP contribution in [0.1, 0.15) is 232 Å². The molecule has 0 fully saturated rings. The van der Waals surface area contributed by atoms with E-state index >= 15 is 0 Å². The molecule has 0 amide bonds. The van der Waals surface area contributed by atoms with Gasteiger partial charge in [-0.1, -0.05) is 209 Å². The van der Waals surface area contributed by atoms with Crippen molar-refractivity contribution in [1.29, 1.82) is 0 Å². The molecule has 0 saturated heterocycles. The second-order valence-corrected chi connectivity index (χ2v) is 16.2. The Bertz CT molecular complexity index is 1050. The lowest BCUT2D eigenvalue weighted by molar-refractivity contribution is -0.161. The van der Waals surface area contributed by atoms with E-state index in [4.69, 9.17) is 9.47 Å². The van der Waals surface area contributed by atoms with Crippen LogP contribution in [0.3, 0.4) is 0 Å². The topological polar surface area (TPSA) is 72.8 Å². The summed E-state index contributed by atoms with van der Waals surface area (Å²) in [5.74, 6) is -0.610. The fourth-order valence-electron chi connectivity index (χ4n) is 6.81. The van der Waals surface area contributed by atoms with Crippen molar-refractivity contribution in [2.45, 2.75) is 238 Å². The maximum absolute atomic E-state index is 12.2. The van der Waals surface area contributed by atoms with Crippen molar-refractivity contribution in [2.24, 2.45) is 0 Å². The Morgan fingerprint density at radius 1 is 0.414 bits per heavy atom. The second-order valence-electron chi connectivity index (χ2n) is 16.2. The van der Waals surface area contributed by atoms with Gasteiger partial charge in [0, 0.05) is 12.8 Å². The summed E-state index contributed by atoms with van der Waals surface area (Å²) in [5.41, 5.74) is 0. The van der Waals surface area contributed by atoms with Crippen molar-refractivity contribution in [3.8, 4) is 0 Å². The minimum atomic E-state index is -0.782. The average Bonchev–Trinajstić information content (AvgIpc) is 3.23. The second kappa shape index (κ2) is 48.7. The lowest BCUT2D eigenvalue weighted by Gasteiger charge is -2.15. The van der Waals surface area contributed by atoms with E-state index < -0.39 is 6.10 Å². The van der Waals surface area contributed by atoms with Crippen LogP contribution in [0.4, 0.5) is 0 Å². The minimum absolute atomic E-state index is 0.0770. The fraction of sp³-hybridized carbons (Fsp3) is 0.736. The quantitative estimate of drug-likeness (QED) is 0.0377. The molecular weight excluding hydrogens is 717 g/mol. The molecule has 0 radical (unpaired) electrons. The lowest BCUT2D eigenvalue weighted by Crippen LogP contribution is -2.28. The first-order valence-electron chi connectivity index (χ1n) is 24.5. The highest BCUT2D eigenvalue weighted by Gasteiger charge is 2.16. The predicted molar refractivity (Wildman–Crippen MR) is 251 cm³/mol. The smallest absolute Gasteiger partial charge is 0.306 e. The van der Waals surface area contributed by atoms with Gasteiger partial charge in [-0.3, -0.25) is 9.59 Å². The molecule has 5 heteroatoms. The Kier molecular flexibility index (Phi) is 46.5. The molecule has 0 heterocycles. The molecule has 0 rings (SSSR count). The van der Waals surface area contributed by atoms with Crippen LogP contribution in [-0.2, 0) is 19.1 Å². The van der Waals surface area contributed by atoms with Gasteiger partial charge in [0.1, 0.15) is 6.61 Å². The minimum Gasteiger partial charge on any atom is -0.462 e. The van der Waals surface area contributed by atoms with Crippen molar-refractivity contribution >= 4 is 11.9 Å². The standard InChI is InChI=1S/C53H92O5/c1-3-5-7-9-11-13-15-17-19-20-21-22-23-24-25-26-27-28-29-30-31-32-34-36-38-40-42-44-46-48-53(56)58-51(49-54)50-57-52(55)47-45-43-41-39-37-35-33-18-16-14-12-10-8-6-4-2/h6,8,12,14-15,17-18,20-21,23-24,33,51,54H,3-5,7,9-11,13,16,19,22,25-32,34-50H2,1-2H3/b8-6-,14-12-,17-15-,21-20-,24-23-,33-18-. The molecule has 0 spiro atoms. The zero-order valence-electron chi connectivity index (χ0n) is 38.0. The molecule has 334 valence electrons. The fourth-order valence-corrected chi connectivity index (χ4v) is 6.81. The summed E-state index contributed by atoms with van der Waals surface area (Å²) in [6.45, 7) is 4.01. The number of ether oxygens (including phenoxy) is 2. The molecule has 0 aromatic rings. The summed E-state index contributed by atoms with van der Waals surface area (Å²) < 4.78 is 10.6. The van der Waals surface area contributed by atoms with Gasteiger partial charge >= 0.3 is 11.9 Å². The third-order valence-corrected chi connectivity index (χ3v) is 10.5. The number of hydrogen-bond acceptors (Lipinski definition) is 5. The number of rotatable bonds is 44. The highest BCUT2D eigenvalue weighted by atomic mass is 16.6. The van der Waals surface area contributed by atoms with Crippen LogP contribution in [-0.4, -0.2) is 36.4 Å². The van der Waals surface area contributed by atoms with Gasteiger partial charge in [-0.2, -0.15) is 0 Å². The average molecular weight is 809 g/mol. The first-order valence-corrected chi connectivity index (χ1v) is 24.5. The third-order valence-electron chi connectivity index (χ3n) is 10.5. The zero-order valence-corrected chi connectivity index (χ0v) is 38.0. The van der Waals surface area contributed by atoms with Crippen LogP contribution in [0.25, 0.3) is 0 Å². The van der Waals surface area contributed by atoms with Crippen molar-refractivity contribution in [3.63, 3.8) is 0 Å². The summed E-state index contributed by atoms with van der Waals surface area (Å²) in [7, 11) is 0. The summed E-state index contributed by atoms with van der Waals surface area (Å²) in [4.78, 5) is 24.4. The van der Waals surface area contributed by atoms with E-state index in [9.17, 15) is 14.7 Å². The monoisotopic (exact) mass is 809 g/mol. The Morgan fingerprint density at radius 3 is 1.12 bits per heavy atom. The lowest BCUT2D eigenvalue weighted by atomic mass is 10.0. The highest BCUT2D eigenvalue weighted by Crippen LogP contribution is 2.15. The number of hydrogen-bond donors (Lipinski definition) is 1. The van der Waals surface area contributed by atoms with Gasteiger partial charge in [0.15, 0.2) is 6.10 Å². The van der Waals surface area contributed by atoms with E-state index in [0.717, 1.165) is 83.5 Å². The molecule has 0 aromatic heterocycles. The van der Waals surface area contributed by atoms with E-state index in [2.05, 4.69) is 86.8 Å². The highest BCUT2D eigenvalue weighted by molar-refractivity contribution is 5.70. The van der Waals surface area contributed by atoms with Crippen LogP contribution in [0, 0.1) is 0 Å². The van der Waals surface area contributed by atoms with Gasteiger partial charge in [0.05, 0.1) is 6.61 Å². The van der Waals surface area contributed by atoms with Crippen LogP contribution in [0.2, 0.25) is 0 Å². The number of aliphatic hydroxyl groups excluding tert-OH is 1. The Hall–Kier alpha value is -2.66. The van der Waals surface area contributed by atoms with E-state index in [0.29, 0.717) is 12.8 Å². The third kappa shape index (κ3) is 46.0. The van der Waals surface area contributed by atoms with Crippen molar-refractivity contribution in [3.05, 3.63) is 72.9 Å². The van der Waals surface area contributed by atoms with Gasteiger partial charge in [-0.15, -0.1) is 0 Å². The molecule has 1 atom stereocenters. The molecule has 5 nitrogen and oxygen atoms in total. The number of carbonyl (C=O) groups excluding carboxylic acids is 2. The maximum Gasteiger partial charge on any atom is 0.306 e. The molecular formula is C53H92O5. The van der Waals surface area contributed by atoms with Crippen molar-refractivity contribution in [1.82, 2.24) is 0 Å². The number of aliphatic hydroxyl groups is 1. The molecule has 0 aliphatic heterocycles. The van der Waals surface area contributed by atoms with Crippen LogP contribution >= 0.6 is 0 Å². The number of unbranched alkanes of at least 4 members (excludes halogenated alkanes) is 24. The van der Waals surface area contributed by atoms with E-state index in [-0.39, 0.29) is 25.2 Å². The zero-order chi connectivity index (χ0) is 42.1. The largest absolute Gasteiger partial charge is 0.462 e. The Balaban J connectivity index is 3.51. The van der Waals surface area contributed by atoms with Crippen molar-refractivity contribution < 1.29 is 24.2 Å². The summed E-state index contributed by atoms with van der Waals surface area (Å²) >= 11 is 0. The molecule has 1 unspecified atom stereocenters. The first kappa shape index (κ1) is 55.3. The first-order chi connectivity index (χ1) is 28.6. The Morgan fingerprint density at radius 2 is 0.741 bits per heavy atom. The van der Waals surface area contributed by atoms with E-state index in [1.54, 1.807) is 0 Å². The SMILES string of the molecule is CC/C=C\C/C=C\C/C=C\CCCCCCCC(=O)OCC(CO)OC(=O)CCCCCCCCCCCCCCCC/C=C\C/C=C\C/C=C\CCCCCCC. The van der Waals surface area contributed by atoms with Crippen LogP contribution in [0.15, 0.2) is 72.9 Å². The molecule has 0 aromatic carbocycles. The number of allylic oxidation sites excluding steroid dienone is 12. The molecule has 0 bridgehead atoms. The normalized spacial score (nSPS) is 12.8. The van der Waals surface area contributed by atoms with Gasteiger partial charge in [-0.05, 0) is 83.5 Å².